The van der Waals surface area contributed by atoms with E-state index in [1.54, 1.807) is 54.7 Å². The fourth-order valence-corrected chi connectivity index (χ4v) is 5.15. The Hall–Kier alpha value is -4.26. The third-order valence-electron chi connectivity index (χ3n) is 5.89. The molecule has 3 aromatic heterocycles. The van der Waals surface area contributed by atoms with Crippen molar-refractivity contribution < 1.29 is 19.1 Å². The number of ketones is 1. The lowest BCUT2D eigenvalue weighted by atomic mass is 9.99. The molecule has 192 valence electrons. The van der Waals surface area contributed by atoms with E-state index < -0.39 is 17.6 Å². The third kappa shape index (κ3) is 5.83. The highest BCUT2D eigenvalue weighted by molar-refractivity contribution is 7.14. The number of pyridine rings is 2. The molecule has 1 aromatic carbocycles. The Bertz CT molecular complexity index is 1590. The van der Waals surface area contributed by atoms with Crippen LogP contribution in [0.5, 0.6) is 5.75 Å². The summed E-state index contributed by atoms with van der Waals surface area (Å²) < 4.78 is 11.7. The van der Waals surface area contributed by atoms with Gasteiger partial charge in [0.15, 0.2) is 5.78 Å². The molecule has 1 atom stereocenters. The summed E-state index contributed by atoms with van der Waals surface area (Å²) in [4.78, 5) is 44.3. The average molecular weight is 548 g/mol. The van der Waals surface area contributed by atoms with Crippen molar-refractivity contribution in [3.05, 3.63) is 103 Å². The van der Waals surface area contributed by atoms with Gasteiger partial charge in [-0.05, 0) is 42.5 Å². The number of thiophene rings is 1. The van der Waals surface area contributed by atoms with E-state index in [1.807, 2.05) is 0 Å². The number of carbonyl (C=O) groups is 2. The average Bonchev–Trinajstić information content (AvgIpc) is 3.40. The first-order valence-corrected chi connectivity index (χ1v) is 12.6. The van der Waals surface area contributed by atoms with E-state index >= 15 is 0 Å². The molecule has 0 saturated heterocycles. The molecule has 0 fully saturated rings. The van der Waals surface area contributed by atoms with Gasteiger partial charge in [0.1, 0.15) is 16.7 Å². The maximum Gasteiger partial charge on any atom is 0.348 e. The Kier molecular flexibility index (Phi) is 8.36. The molecule has 3 heterocycles. The molecule has 0 amide bonds. The van der Waals surface area contributed by atoms with Crippen LogP contribution in [0.25, 0.3) is 11.1 Å². The first kappa shape index (κ1) is 26.8. The predicted molar refractivity (Wildman–Crippen MR) is 144 cm³/mol. The fourth-order valence-electron chi connectivity index (χ4n) is 4.04. The number of ether oxygens (including phenoxy) is 2. The van der Waals surface area contributed by atoms with Crippen molar-refractivity contribution >= 4 is 34.7 Å². The second kappa shape index (κ2) is 11.9. The zero-order valence-electron chi connectivity index (χ0n) is 20.5. The number of carbonyl (C=O) groups excluding carboxylic acids is 2. The van der Waals surface area contributed by atoms with Crippen molar-refractivity contribution in [2.24, 2.45) is 0 Å². The molecule has 0 aliphatic heterocycles. The van der Waals surface area contributed by atoms with Gasteiger partial charge in [0, 0.05) is 51.8 Å². The Morgan fingerprint density at radius 2 is 1.95 bits per heavy atom. The zero-order chi connectivity index (χ0) is 27.2. The van der Waals surface area contributed by atoms with E-state index in [0.717, 1.165) is 11.3 Å². The van der Waals surface area contributed by atoms with E-state index in [1.165, 1.54) is 31.0 Å². The Morgan fingerprint density at radius 1 is 1.13 bits per heavy atom. The largest absolute Gasteiger partial charge is 0.495 e. The number of esters is 1. The number of rotatable bonds is 9. The van der Waals surface area contributed by atoms with Crippen LogP contribution in [0.1, 0.15) is 31.8 Å². The number of hydrogen-bond acceptors (Lipinski definition) is 8. The minimum Gasteiger partial charge on any atom is -0.495 e. The number of nitrogens with zero attached hydrogens (tertiary/aromatic N) is 3. The standard InChI is InChI=1S/C28H22ClN3O5S/c1-36-25-16-32(27(34)14-22(25)21-11-18(29)7-6-17(21)15-30)23(12-19-5-3-4-10-31-19)24(33)13-20-8-9-26(38-20)28(35)37-2/h3-11,14,16,23H,12-13H2,1-2H3. The summed E-state index contributed by atoms with van der Waals surface area (Å²) in [5, 5.41) is 9.98. The quantitative estimate of drug-likeness (QED) is 0.274. The van der Waals surface area contributed by atoms with Crippen molar-refractivity contribution in [3.8, 4) is 22.9 Å². The van der Waals surface area contributed by atoms with Crippen LogP contribution in [0.2, 0.25) is 5.02 Å². The molecule has 0 radical (unpaired) electrons. The van der Waals surface area contributed by atoms with E-state index in [-0.39, 0.29) is 18.6 Å². The summed E-state index contributed by atoms with van der Waals surface area (Å²) in [6.45, 7) is 0. The number of methoxy groups -OCH3 is 2. The van der Waals surface area contributed by atoms with Gasteiger partial charge in [-0.1, -0.05) is 17.7 Å². The fraction of sp³-hybridized carbons (Fsp3) is 0.179. The third-order valence-corrected chi connectivity index (χ3v) is 7.19. The number of nitriles is 1. The van der Waals surface area contributed by atoms with Gasteiger partial charge in [-0.15, -0.1) is 11.3 Å². The number of Topliss-reactive ketones (excluding diaryl/α,β-unsaturated/α-hetero) is 1. The van der Waals surface area contributed by atoms with Crippen molar-refractivity contribution in [1.29, 1.82) is 5.26 Å². The molecule has 0 spiro atoms. The van der Waals surface area contributed by atoms with Crippen molar-refractivity contribution in [3.63, 3.8) is 0 Å². The maximum atomic E-state index is 13.6. The van der Waals surface area contributed by atoms with Crippen molar-refractivity contribution in [1.82, 2.24) is 9.55 Å². The number of benzene rings is 1. The maximum absolute atomic E-state index is 13.6. The predicted octanol–water partition coefficient (Wildman–Crippen LogP) is 4.89. The molecule has 10 heteroatoms. The van der Waals surface area contributed by atoms with Gasteiger partial charge in [0.05, 0.1) is 32.0 Å². The van der Waals surface area contributed by atoms with Crippen molar-refractivity contribution in [2.75, 3.05) is 14.2 Å². The molecule has 0 aliphatic rings. The smallest absolute Gasteiger partial charge is 0.348 e. The lowest BCUT2D eigenvalue weighted by molar-refractivity contribution is -0.121. The van der Waals surface area contributed by atoms with Gasteiger partial charge in [0.25, 0.3) is 5.56 Å². The second-order valence-corrected chi connectivity index (χ2v) is 9.85. The normalized spacial score (nSPS) is 11.4. The monoisotopic (exact) mass is 547 g/mol. The number of halogens is 1. The van der Waals surface area contributed by atoms with Crippen LogP contribution in [0.3, 0.4) is 0 Å². The molecule has 0 aliphatic carbocycles. The summed E-state index contributed by atoms with van der Waals surface area (Å²) in [6.07, 6.45) is 3.26. The minimum absolute atomic E-state index is 0.00252. The molecular formula is C28H22ClN3O5S. The van der Waals surface area contributed by atoms with Crippen LogP contribution in [0.4, 0.5) is 0 Å². The number of aromatic nitrogens is 2. The first-order valence-electron chi connectivity index (χ1n) is 11.4. The van der Waals surface area contributed by atoms with E-state index in [9.17, 15) is 19.6 Å². The molecule has 1 unspecified atom stereocenters. The lowest BCUT2D eigenvalue weighted by Gasteiger charge is -2.21. The topological polar surface area (TPSA) is 111 Å². The summed E-state index contributed by atoms with van der Waals surface area (Å²) in [5.74, 6) is -0.425. The molecule has 38 heavy (non-hydrogen) atoms. The van der Waals surface area contributed by atoms with E-state index in [4.69, 9.17) is 21.1 Å². The lowest BCUT2D eigenvalue weighted by Crippen LogP contribution is -2.32. The van der Waals surface area contributed by atoms with Gasteiger partial charge in [-0.25, -0.2) is 4.79 Å². The molecular weight excluding hydrogens is 526 g/mol. The SMILES string of the molecule is COC(=O)c1ccc(CC(=O)C(Cc2ccccn2)n2cc(OC)c(-c3cc(Cl)ccc3C#N)cc2=O)s1. The number of hydrogen-bond donors (Lipinski definition) is 0. The van der Waals surface area contributed by atoms with E-state index in [0.29, 0.717) is 42.9 Å². The Labute approximate surface area is 227 Å². The van der Waals surface area contributed by atoms with Crippen LogP contribution >= 0.6 is 22.9 Å². The summed E-state index contributed by atoms with van der Waals surface area (Å²) in [5.41, 5.74) is 1.33. The van der Waals surface area contributed by atoms with Crippen LogP contribution in [-0.4, -0.2) is 35.5 Å². The summed E-state index contributed by atoms with van der Waals surface area (Å²) in [7, 11) is 2.74. The molecule has 4 rings (SSSR count). The van der Waals surface area contributed by atoms with Crippen LogP contribution < -0.4 is 10.3 Å². The highest BCUT2D eigenvalue weighted by Gasteiger charge is 2.26. The Morgan fingerprint density at radius 3 is 2.63 bits per heavy atom. The highest BCUT2D eigenvalue weighted by atomic mass is 35.5. The highest BCUT2D eigenvalue weighted by Crippen LogP contribution is 2.34. The van der Waals surface area contributed by atoms with Gasteiger partial charge in [-0.2, -0.15) is 5.26 Å². The van der Waals surface area contributed by atoms with Gasteiger partial charge in [-0.3, -0.25) is 14.6 Å². The Balaban J connectivity index is 1.77. The molecule has 4 aromatic rings. The van der Waals surface area contributed by atoms with Crippen molar-refractivity contribution in [2.45, 2.75) is 18.9 Å². The summed E-state index contributed by atoms with van der Waals surface area (Å²) >= 11 is 7.33. The van der Waals surface area contributed by atoms with Gasteiger partial charge < -0.3 is 14.0 Å². The molecule has 0 bridgehead atoms. The second-order valence-electron chi connectivity index (χ2n) is 8.24. The zero-order valence-corrected chi connectivity index (χ0v) is 22.1. The first-order chi connectivity index (χ1) is 18.3. The molecule has 8 nitrogen and oxygen atoms in total. The molecule has 0 saturated carbocycles. The van der Waals surface area contributed by atoms with Crippen LogP contribution in [0, 0.1) is 11.3 Å². The minimum atomic E-state index is -0.904. The van der Waals surface area contributed by atoms with E-state index in [2.05, 4.69) is 11.1 Å². The van der Waals surface area contributed by atoms with Gasteiger partial charge in [0.2, 0.25) is 0 Å². The summed E-state index contributed by atoms with van der Waals surface area (Å²) in [6, 6.07) is 15.9. The van der Waals surface area contributed by atoms with Crippen LogP contribution in [0.15, 0.2) is 71.8 Å². The van der Waals surface area contributed by atoms with Gasteiger partial charge >= 0.3 is 5.97 Å². The van der Waals surface area contributed by atoms with Crippen LogP contribution in [-0.2, 0) is 22.4 Å². The molecule has 0 N–H and O–H groups in total.